The Hall–Kier alpha value is -2.29. The second kappa shape index (κ2) is 5.00. The molecule has 0 saturated carbocycles. The van der Waals surface area contributed by atoms with E-state index in [-0.39, 0.29) is 11.8 Å². The summed E-state index contributed by atoms with van der Waals surface area (Å²) in [4.78, 5) is 12.2. The SMILES string of the molecule is COc1cccc(C[C@@H]2C(=O)Nc3ccc(C)cc32)c1. The van der Waals surface area contributed by atoms with E-state index >= 15 is 0 Å². The lowest BCUT2D eigenvalue weighted by molar-refractivity contribution is -0.117. The van der Waals surface area contributed by atoms with Crippen molar-refractivity contribution in [3.8, 4) is 5.75 Å². The molecule has 0 saturated heterocycles. The minimum absolute atomic E-state index is 0.0772. The Balaban J connectivity index is 1.91. The van der Waals surface area contributed by atoms with E-state index in [2.05, 4.69) is 11.4 Å². The van der Waals surface area contributed by atoms with Crippen LogP contribution in [0.3, 0.4) is 0 Å². The predicted molar refractivity (Wildman–Crippen MR) is 79.2 cm³/mol. The summed E-state index contributed by atoms with van der Waals surface area (Å²) in [5, 5.41) is 2.95. The van der Waals surface area contributed by atoms with Gasteiger partial charge in [0.2, 0.25) is 5.91 Å². The van der Waals surface area contributed by atoms with Gasteiger partial charge in [-0.25, -0.2) is 0 Å². The summed E-state index contributed by atoms with van der Waals surface area (Å²) in [6.45, 7) is 2.05. The van der Waals surface area contributed by atoms with E-state index in [1.165, 1.54) is 5.56 Å². The van der Waals surface area contributed by atoms with Crippen LogP contribution in [-0.4, -0.2) is 13.0 Å². The normalized spacial score (nSPS) is 16.7. The van der Waals surface area contributed by atoms with Gasteiger partial charge in [0.1, 0.15) is 5.75 Å². The number of fused-ring (bicyclic) bond motifs is 1. The molecule has 3 rings (SSSR count). The number of nitrogens with one attached hydrogen (secondary N) is 1. The van der Waals surface area contributed by atoms with E-state index in [4.69, 9.17) is 4.74 Å². The van der Waals surface area contributed by atoms with Gasteiger partial charge in [0.05, 0.1) is 13.0 Å². The quantitative estimate of drug-likeness (QED) is 0.926. The van der Waals surface area contributed by atoms with Gasteiger partial charge in [-0.15, -0.1) is 0 Å². The van der Waals surface area contributed by atoms with Crippen LogP contribution in [0.4, 0.5) is 5.69 Å². The lowest BCUT2D eigenvalue weighted by Gasteiger charge is -2.10. The second-order valence-corrected chi connectivity index (χ2v) is 5.19. The van der Waals surface area contributed by atoms with Crippen molar-refractivity contribution in [2.45, 2.75) is 19.3 Å². The number of ether oxygens (including phenoxy) is 1. The van der Waals surface area contributed by atoms with Crippen molar-refractivity contribution in [3.63, 3.8) is 0 Å². The number of methoxy groups -OCH3 is 1. The summed E-state index contributed by atoms with van der Waals surface area (Å²) < 4.78 is 5.23. The summed E-state index contributed by atoms with van der Waals surface area (Å²) in [5.41, 5.74) is 4.32. The van der Waals surface area contributed by atoms with Crippen LogP contribution in [0.5, 0.6) is 5.75 Å². The maximum Gasteiger partial charge on any atom is 0.232 e. The van der Waals surface area contributed by atoms with E-state index < -0.39 is 0 Å². The van der Waals surface area contributed by atoms with Crippen LogP contribution in [-0.2, 0) is 11.2 Å². The molecule has 1 atom stereocenters. The van der Waals surface area contributed by atoms with Gasteiger partial charge in [0.15, 0.2) is 0 Å². The maximum absolute atomic E-state index is 12.2. The Kier molecular flexibility index (Phi) is 3.18. The zero-order valence-corrected chi connectivity index (χ0v) is 11.6. The first-order chi connectivity index (χ1) is 9.67. The third-order valence-electron chi connectivity index (χ3n) is 3.73. The predicted octanol–water partition coefficient (Wildman–Crippen LogP) is 3.28. The Bertz CT molecular complexity index is 664. The van der Waals surface area contributed by atoms with Crippen LogP contribution in [0.25, 0.3) is 0 Å². The monoisotopic (exact) mass is 267 g/mol. The van der Waals surface area contributed by atoms with Gasteiger partial charge in [-0.3, -0.25) is 4.79 Å². The van der Waals surface area contributed by atoms with Gasteiger partial charge in [0, 0.05) is 5.69 Å². The number of benzene rings is 2. The molecule has 1 aliphatic heterocycles. The molecule has 0 aliphatic carbocycles. The van der Waals surface area contributed by atoms with E-state index in [0.29, 0.717) is 6.42 Å². The van der Waals surface area contributed by atoms with Gasteiger partial charge >= 0.3 is 0 Å². The molecule has 2 aromatic carbocycles. The molecule has 20 heavy (non-hydrogen) atoms. The molecule has 0 spiro atoms. The lowest BCUT2D eigenvalue weighted by Crippen LogP contribution is -2.14. The minimum atomic E-state index is -0.114. The Morgan fingerprint density at radius 1 is 1.20 bits per heavy atom. The Morgan fingerprint density at radius 2 is 2.05 bits per heavy atom. The average molecular weight is 267 g/mol. The topological polar surface area (TPSA) is 38.3 Å². The average Bonchev–Trinajstić information content (AvgIpc) is 2.75. The maximum atomic E-state index is 12.2. The lowest BCUT2D eigenvalue weighted by atomic mass is 9.92. The van der Waals surface area contributed by atoms with Crippen LogP contribution in [0.1, 0.15) is 22.6 Å². The number of hydrogen-bond acceptors (Lipinski definition) is 2. The minimum Gasteiger partial charge on any atom is -0.497 e. The molecule has 0 radical (unpaired) electrons. The van der Waals surface area contributed by atoms with Crippen molar-refractivity contribution in [3.05, 3.63) is 59.2 Å². The summed E-state index contributed by atoms with van der Waals surface area (Å²) >= 11 is 0. The molecule has 3 nitrogen and oxygen atoms in total. The van der Waals surface area contributed by atoms with Crippen molar-refractivity contribution in [2.24, 2.45) is 0 Å². The number of rotatable bonds is 3. The van der Waals surface area contributed by atoms with Crippen molar-refractivity contribution in [1.82, 2.24) is 0 Å². The number of hydrogen-bond donors (Lipinski definition) is 1. The molecule has 1 N–H and O–H groups in total. The van der Waals surface area contributed by atoms with Gasteiger partial charge in [0.25, 0.3) is 0 Å². The van der Waals surface area contributed by atoms with Crippen molar-refractivity contribution in [2.75, 3.05) is 12.4 Å². The van der Waals surface area contributed by atoms with Crippen molar-refractivity contribution >= 4 is 11.6 Å². The summed E-state index contributed by atoms with van der Waals surface area (Å²) in [6, 6.07) is 14.0. The third kappa shape index (κ3) is 2.27. The van der Waals surface area contributed by atoms with Gasteiger partial charge in [-0.2, -0.15) is 0 Å². The third-order valence-corrected chi connectivity index (χ3v) is 3.73. The van der Waals surface area contributed by atoms with Gasteiger partial charge in [-0.05, 0) is 42.7 Å². The highest BCUT2D eigenvalue weighted by Crippen LogP contribution is 2.35. The van der Waals surface area contributed by atoms with Gasteiger partial charge < -0.3 is 10.1 Å². The molecule has 0 bridgehead atoms. The van der Waals surface area contributed by atoms with E-state index in [1.54, 1.807) is 7.11 Å². The first kappa shape index (κ1) is 12.7. The first-order valence-corrected chi connectivity index (χ1v) is 6.72. The number of carbonyl (C=O) groups is 1. The molecule has 0 aromatic heterocycles. The number of anilines is 1. The van der Waals surface area contributed by atoms with Crippen LogP contribution in [0.15, 0.2) is 42.5 Å². The van der Waals surface area contributed by atoms with Crippen LogP contribution >= 0.6 is 0 Å². The zero-order chi connectivity index (χ0) is 14.1. The Labute approximate surface area is 118 Å². The summed E-state index contributed by atoms with van der Waals surface area (Å²) in [6.07, 6.45) is 0.694. The highest BCUT2D eigenvalue weighted by molar-refractivity contribution is 6.03. The molecule has 1 amide bonds. The Morgan fingerprint density at radius 3 is 2.85 bits per heavy atom. The van der Waals surface area contributed by atoms with Gasteiger partial charge in [-0.1, -0.05) is 29.8 Å². The zero-order valence-electron chi connectivity index (χ0n) is 11.6. The van der Waals surface area contributed by atoms with Crippen LogP contribution in [0.2, 0.25) is 0 Å². The van der Waals surface area contributed by atoms with E-state index in [9.17, 15) is 4.79 Å². The summed E-state index contributed by atoms with van der Waals surface area (Å²) in [7, 11) is 1.65. The molecule has 102 valence electrons. The standard InChI is InChI=1S/C17H17NO2/c1-11-6-7-16-14(8-11)15(17(19)18-16)10-12-4-3-5-13(9-12)20-2/h3-9,15H,10H2,1-2H3,(H,18,19)/t15-/m0/s1. The number of carbonyl (C=O) groups excluding carboxylic acids is 1. The molecule has 0 fully saturated rings. The molecular formula is C17H17NO2. The van der Waals surface area contributed by atoms with Crippen LogP contribution in [0, 0.1) is 6.92 Å². The number of amides is 1. The second-order valence-electron chi connectivity index (χ2n) is 5.19. The van der Waals surface area contributed by atoms with Crippen molar-refractivity contribution < 1.29 is 9.53 Å². The molecular weight excluding hydrogens is 250 g/mol. The largest absolute Gasteiger partial charge is 0.497 e. The molecule has 2 aromatic rings. The molecule has 1 heterocycles. The molecule has 0 unspecified atom stereocenters. The summed E-state index contributed by atoms with van der Waals surface area (Å²) in [5.74, 6) is 0.788. The fraction of sp³-hybridized carbons (Fsp3) is 0.235. The van der Waals surface area contributed by atoms with Crippen molar-refractivity contribution in [1.29, 1.82) is 0 Å². The first-order valence-electron chi connectivity index (χ1n) is 6.72. The fourth-order valence-electron chi connectivity index (χ4n) is 2.68. The number of aryl methyl sites for hydroxylation is 1. The van der Waals surface area contributed by atoms with Crippen LogP contribution < -0.4 is 10.1 Å². The highest BCUT2D eigenvalue weighted by Gasteiger charge is 2.30. The highest BCUT2D eigenvalue weighted by atomic mass is 16.5. The fourth-order valence-corrected chi connectivity index (χ4v) is 2.68. The van der Waals surface area contributed by atoms with E-state index in [0.717, 1.165) is 22.6 Å². The molecule has 1 aliphatic rings. The molecule has 3 heteroatoms. The van der Waals surface area contributed by atoms with E-state index in [1.807, 2.05) is 43.3 Å². The smallest absolute Gasteiger partial charge is 0.232 e.